The maximum Gasteiger partial charge on any atom is 0.157 e. The molecular weight excluding hydrogens is 244 g/mol. The van der Waals surface area contributed by atoms with Crippen LogP contribution in [0.25, 0.3) is 0 Å². The van der Waals surface area contributed by atoms with Crippen molar-refractivity contribution in [3.05, 3.63) is 0 Å². The zero-order valence-corrected chi connectivity index (χ0v) is 12.7. The van der Waals surface area contributed by atoms with E-state index in [-0.39, 0.29) is 5.54 Å². The van der Waals surface area contributed by atoms with Crippen LogP contribution in [0, 0.1) is 5.41 Å². The van der Waals surface area contributed by atoms with Gasteiger partial charge in [0.25, 0.3) is 0 Å². The van der Waals surface area contributed by atoms with Crippen molar-refractivity contribution < 1.29 is 4.74 Å². The molecule has 0 spiro atoms. The number of rotatable bonds is 3. The fourth-order valence-electron chi connectivity index (χ4n) is 2.60. The molecule has 2 aliphatic rings. The largest absolute Gasteiger partial charge is 0.379 e. The van der Waals surface area contributed by atoms with Gasteiger partial charge in [0.05, 0.1) is 12.1 Å². The second kappa shape index (κ2) is 5.83. The molecule has 1 atom stereocenters. The maximum atomic E-state index is 5.58. The third-order valence-electron chi connectivity index (χ3n) is 4.42. The van der Waals surface area contributed by atoms with Gasteiger partial charge in [0.1, 0.15) is 0 Å². The maximum absolute atomic E-state index is 5.58. The molecule has 0 saturated carbocycles. The van der Waals surface area contributed by atoms with Gasteiger partial charge in [0.15, 0.2) is 5.17 Å². The summed E-state index contributed by atoms with van der Waals surface area (Å²) in [6, 6.07) is 0. The van der Waals surface area contributed by atoms with Crippen LogP contribution in [-0.4, -0.2) is 36.2 Å². The second-order valence-electron chi connectivity index (χ2n) is 5.96. The quantitative estimate of drug-likeness (QED) is 0.856. The Hall–Kier alpha value is -0.220. The lowest BCUT2D eigenvalue weighted by Crippen LogP contribution is -2.52. The van der Waals surface area contributed by atoms with E-state index >= 15 is 0 Å². The molecule has 2 rings (SSSR count). The predicted molar refractivity (Wildman–Crippen MR) is 79.4 cm³/mol. The summed E-state index contributed by atoms with van der Waals surface area (Å²) >= 11 is 1.89. The van der Waals surface area contributed by atoms with Gasteiger partial charge in [-0.15, -0.1) is 0 Å². The van der Waals surface area contributed by atoms with Crippen LogP contribution in [0.1, 0.15) is 46.5 Å². The zero-order valence-electron chi connectivity index (χ0n) is 11.9. The molecule has 1 fully saturated rings. The van der Waals surface area contributed by atoms with Gasteiger partial charge in [-0.25, -0.2) is 0 Å². The molecule has 104 valence electrons. The molecule has 0 aliphatic carbocycles. The van der Waals surface area contributed by atoms with E-state index in [4.69, 9.17) is 9.73 Å². The first-order valence-electron chi connectivity index (χ1n) is 7.15. The average molecular weight is 270 g/mol. The fraction of sp³-hybridized carbons (Fsp3) is 0.929. The summed E-state index contributed by atoms with van der Waals surface area (Å²) in [7, 11) is 0. The summed E-state index contributed by atoms with van der Waals surface area (Å²) < 4.78 is 5.58. The van der Waals surface area contributed by atoms with Crippen molar-refractivity contribution in [3.8, 4) is 0 Å². The fourth-order valence-corrected chi connectivity index (χ4v) is 4.01. The summed E-state index contributed by atoms with van der Waals surface area (Å²) in [6.45, 7) is 9.51. The van der Waals surface area contributed by atoms with Crippen LogP contribution in [0.4, 0.5) is 0 Å². The molecule has 2 aliphatic heterocycles. The Kier molecular flexibility index (Phi) is 4.59. The third-order valence-corrected chi connectivity index (χ3v) is 5.68. The van der Waals surface area contributed by atoms with Gasteiger partial charge >= 0.3 is 0 Å². The SMILES string of the molecule is CCC1(CC)CN=C(NC2(C)CCCOC2)SC1. The molecule has 0 bridgehead atoms. The van der Waals surface area contributed by atoms with Crippen LogP contribution in [0.2, 0.25) is 0 Å². The molecule has 0 aromatic heterocycles. The van der Waals surface area contributed by atoms with E-state index in [0.29, 0.717) is 5.41 Å². The van der Waals surface area contributed by atoms with Crippen molar-refractivity contribution in [1.82, 2.24) is 5.32 Å². The Morgan fingerprint density at radius 1 is 1.39 bits per heavy atom. The van der Waals surface area contributed by atoms with Gasteiger partial charge in [0.2, 0.25) is 0 Å². The Morgan fingerprint density at radius 3 is 2.67 bits per heavy atom. The van der Waals surface area contributed by atoms with Crippen molar-refractivity contribution in [2.75, 3.05) is 25.5 Å². The topological polar surface area (TPSA) is 33.6 Å². The average Bonchev–Trinajstić information content (AvgIpc) is 2.40. The molecular formula is C14H26N2OS. The number of nitrogens with zero attached hydrogens (tertiary/aromatic N) is 1. The number of nitrogens with one attached hydrogen (secondary N) is 1. The first-order valence-corrected chi connectivity index (χ1v) is 8.13. The molecule has 2 heterocycles. The molecule has 4 heteroatoms. The van der Waals surface area contributed by atoms with Crippen LogP contribution >= 0.6 is 11.8 Å². The van der Waals surface area contributed by atoms with Gasteiger partial charge in [-0.3, -0.25) is 4.99 Å². The standard InChI is InChI=1S/C14H26N2OS/c1-4-14(5-2)9-15-12(18-11-14)16-13(3)7-6-8-17-10-13/h4-11H2,1-3H3,(H,15,16). The Balaban J connectivity index is 1.93. The molecule has 3 nitrogen and oxygen atoms in total. The van der Waals surface area contributed by atoms with E-state index in [1.165, 1.54) is 25.0 Å². The van der Waals surface area contributed by atoms with E-state index < -0.39 is 0 Å². The molecule has 1 N–H and O–H groups in total. The highest BCUT2D eigenvalue weighted by molar-refractivity contribution is 8.13. The van der Waals surface area contributed by atoms with Crippen LogP contribution in [0.3, 0.4) is 0 Å². The second-order valence-corrected chi connectivity index (χ2v) is 6.92. The van der Waals surface area contributed by atoms with Crippen LogP contribution < -0.4 is 5.32 Å². The third kappa shape index (κ3) is 3.21. The monoisotopic (exact) mass is 270 g/mol. The first kappa shape index (κ1) is 14.2. The number of ether oxygens (including phenoxy) is 1. The highest BCUT2D eigenvalue weighted by Crippen LogP contribution is 2.35. The number of hydrogen-bond acceptors (Lipinski definition) is 4. The van der Waals surface area contributed by atoms with Crippen molar-refractivity contribution in [2.24, 2.45) is 10.4 Å². The number of amidine groups is 1. The van der Waals surface area contributed by atoms with E-state index in [1.54, 1.807) is 0 Å². The Bertz CT molecular complexity index is 307. The van der Waals surface area contributed by atoms with Gasteiger partial charge < -0.3 is 10.1 Å². The summed E-state index contributed by atoms with van der Waals surface area (Å²) in [5, 5.41) is 4.73. The highest BCUT2D eigenvalue weighted by atomic mass is 32.2. The number of aliphatic imine (C=N–C) groups is 1. The van der Waals surface area contributed by atoms with E-state index in [2.05, 4.69) is 26.1 Å². The van der Waals surface area contributed by atoms with Crippen molar-refractivity contribution >= 4 is 16.9 Å². The van der Waals surface area contributed by atoms with Gasteiger partial charge in [-0.05, 0) is 38.0 Å². The van der Waals surface area contributed by atoms with Gasteiger partial charge in [0, 0.05) is 18.9 Å². The molecule has 18 heavy (non-hydrogen) atoms. The lowest BCUT2D eigenvalue weighted by Gasteiger charge is -2.38. The van der Waals surface area contributed by atoms with E-state index in [1.807, 2.05) is 11.8 Å². The summed E-state index contributed by atoms with van der Waals surface area (Å²) in [5.41, 5.74) is 0.516. The minimum absolute atomic E-state index is 0.0858. The Morgan fingerprint density at radius 2 is 2.17 bits per heavy atom. The number of hydrogen-bond donors (Lipinski definition) is 1. The summed E-state index contributed by atoms with van der Waals surface area (Å²) in [6.07, 6.45) is 4.79. The van der Waals surface area contributed by atoms with Crippen LogP contribution in [0.15, 0.2) is 4.99 Å². The van der Waals surface area contributed by atoms with Gasteiger partial charge in [-0.1, -0.05) is 25.6 Å². The first-order chi connectivity index (χ1) is 8.61. The molecule has 0 aromatic rings. The number of thioether (sulfide) groups is 1. The predicted octanol–water partition coefficient (Wildman–Crippen LogP) is 3.05. The molecule has 0 radical (unpaired) electrons. The minimum atomic E-state index is 0.0858. The molecule has 0 aromatic carbocycles. The van der Waals surface area contributed by atoms with Gasteiger partial charge in [-0.2, -0.15) is 0 Å². The molecule has 0 amide bonds. The Labute approximate surface area is 115 Å². The lowest BCUT2D eigenvalue weighted by molar-refractivity contribution is 0.0374. The van der Waals surface area contributed by atoms with E-state index in [9.17, 15) is 0 Å². The van der Waals surface area contributed by atoms with Crippen molar-refractivity contribution in [2.45, 2.75) is 52.0 Å². The van der Waals surface area contributed by atoms with Crippen LogP contribution in [0.5, 0.6) is 0 Å². The normalized spacial score (nSPS) is 31.8. The van der Waals surface area contributed by atoms with Crippen LogP contribution in [-0.2, 0) is 4.74 Å². The van der Waals surface area contributed by atoms with E-state index in [0.717, 1.165) is 31.3 Å². The lowest BCUT2D eigenvalue weighted by atomic mass is 9.84. The smallest absolute Gasteiger partial charge is 0.157 e. The zero-order chi connectivity index (χ0) is 13.1. The summed E-state index contributed by atoms with van der Waals surface area (Å²) in [4.78, 5) is 4.78. The minimum Gasteiger partial charge on any atom is -0.379 e. The summed E-state index contributed by atoms with van der Waals surface area (Å²) in [5.74, 6) is 1.20. The molecule has 1 saturated heterocycles. The highest BCUT2D eigenvalue weighted by Gasteiger charge is 2.33. The van der Waals surface area contributed by atoms with Crippen molar-refractivity contribution in [3.63, 3.8) is 0 Å². The van der Waals surface area contributed by atoms with Crippen molar-refractivity contribution in [1.29, 1.82) is 0 Å². The molecule has 1 unspecified atom stereocenters.